The molecule has 3 rings (SSSR count). The molecule has 0 spiro atoms. The van der Waals surface area contributed by atoms with Gasteiger partial charge in [0.25, 0.3) is 0 Å². The molecule has 0 aliphatic carbocycles. The number of aromatic nitrogens is 1. The molecule has 0 amide bonds. The van der Waals surface area contributed by atoms with Crippen LogP contribution in [0.2, 0.25) is 0 Å². The van der Waals surface area contributed by atoms with E-state index in [1.54, 1.807) is 6.07 Å². The maximum absolute atomic E-state index is 10.0. The van der Waals surface area contributed by atoms with E-state index in [1.165, 1.54) is 6.21 Å². The van der Waals surface area contributed by atoms with E-state index in [-0.39, 0.29) is 0 Å². The summed E-state index contributed by atoms with van der Waals surface area (Å²) in [6, 6.07) is 10.2. The SMILES string of the molecule is OC[C@H]1O[C@@H](O)[C@H](N=Cc2ccc3ccccc3n2)[C@@H](O)[C@@H]1O. The van der Waals surface area contributed by atoms with Crippen molar-refractivity contribution in [2.24, 2.45) is 4.99 Å². The Bertz CT molecular complexity index is 708. The minimum Gasteiger partial charge on any atom is -0.394 e. The van der Waals surface area contributed by atoms with Crippen molar-refractivity contribution in [3.63, 3.8) is 0 Å². The average Bonchev–Trinajstić information content (AvgIpc) is 2.57. The molecule has 7 nitrogen and oxygen atoms in total. The van der Waals surface area contributed by atoms with Crippen LogP contribution in [0.25, 0.3) is 10.9 Å². The third-order valence-electron chi connectivity index (χ3n) is 3.87. The highest BCUT2D eigenvalue weighted by atomic mass is 16.6. The number of benzene rings is 1. The Kier molecular flexibility index (Phi) is 4.65. The Morgan fingerprint density at radius 3 is 2.65 bits per heavy atom. The minimum absolute atomic E-state index is 0.502. The maximum Gasteiger partial charge on any atom is 0.180 e. The number of rotatable bonds is 3. The molecular formula is C16H18N2O5. The molecule has 1 saturated heterocycles. The highest BCUT2D eigenvalue weighted by molar-refractivity contribution is 5.85. The zero-order valence-electron chi connectivity index (χ0n) is 12.2. The number of hydrogen-bond acceptors (Lipinski definition) is 7. The second-order valence-electron chi connectivity index (χ2n) is 5.43. The standard InChI is InChI=1S/C16H18N2O5/c19-8-12-14(20)15(21)13(16(22)23-12)17-7-10-6-5-9-3-1-2-4-11(9)18-10/h1-7,12-16,19-22H,8H2/t12-,13-,14-,15-,16-/m1/s1. The zero-order valence-corrected chi connectivity index (χ0v) is 12.2. The molecule has 5 atom stereocenters. The third-order valence-corrected chi connectivity index (χ3v) is 3.87. The van der Waals surface area contributed by atoms with E-state index in [9.17, 15) is 15.3 Å². The Hall–Kier alpha value is -1.90. The second kappa shape index (κ2) is 6.69. The first-order chi connectivity index (χ1) is 11.1. The molecule has 1 aliphatic heterocycles. The molecule has 1 fully saturated rings. The Balaban J connectivity index is 1.80. The number of aliphatic hydroxyl groups excluding tert-OH is 4. The van der Waals surface area contributed by atoms with Gasteiger partial charge in [-0.05, 0) is 12.1 Å². The van der Waals surface area contributed by atoms with Gasteiger partial charge in [0.2, 0.25) is 0 Å². The van der Waals surface area contributed by atoms with Crippen LogP contribution in [0.1, 0.15) is 5.69 Å². The number of aliphatic hydroxyl groups is 4. The van der Waals surface area contributed by atoms with Gasteiger partial charge in [0.1, 0.15) is 24.4 Å². The fourth-order valence-electron chi connectivity index (χ4n) is 2.56. The molecule has 0 unspecified atom stereocenters. The number of ether oxygens (including phenoxy) is 1. The monoisotopic (exact) mass is 318 g/mol. The lowest BCUT2D eigenvalue weighted by Gasteiger charge is -2.38. The number of nitrogens with zero attached hydrogens (tertiary/aromatic N) is 2. The first kappa shape index (κ1) is 16.0. The van der Waals surface area contributed by atoms with E-state index in [1.807, 2.05) is 30.3 Å². The first-order valence-electron chi connectivity index (χ1n) is 7.29. The van der Waals surface area contributed by atoms with Gasteiger partial charge in [-0.2, -0.15) is 0 Å². The lowest BCUT2D eigenvalue weighted by Crippen LogP contribution is -2.57. The number of aliphatic imine (C=N–C) groups is 1. The summed E-state index contributed by atoms with van der Waals surface area (Å²) in [6.45, 7) is -0.502. The van der Waals surface area contributed by atoms with Gasteiger partial charge in [0.15, 0.2) is 6.29 Å². The van der Waals surface area contributed by atoms with Gasteiger partial charge in [0.05, 0.1) is 17.8 Å². The van der Waals surface area contributed by atoms with Crippen molar-refractivity contribution in [1.29, 1.82) is 0 Å². The van der Waals surface area contributed by atoms with E-state index in [4.69, 9.17) is 9.84 Å². The topological polar surface area (TPSA) is 115 Å². The summed E-state index contributed by atoms with van der Waals surface area (Å²) >= 11 is 0. The van der Waals surface area contributed by atoms with Crippen LogP contribution in [0.5, 0.6) is 0 Å². The third kappa shape index (κ3) is 3.24. The number of pyridine rings is 1. The van der Waals surface area contributed by atoms with Gasteiger partial charge in [-0.3, -0.25) is 4.99 Å². The van der Waals surface area contributed by atoms with E-state index in [0.29, 0.717) is 5.69 Å². The molecule has 1 aromatic heterocycles. The number of para-hydroxylation sites is 1. The molecule has 122 valence electrons. The van der Waals surface area contributed by atoms with E-state index in [0.717, 1.165) is 10.9 Å². The van der Waals surface area contributed by atoms with Crippen molar-refractivity contribution in [2.45, 2.75) is 30.6 Å². The van der Waals surface area contributed by atoms with Gasteiger partial charge >= 0.3 is 0 Å². The molecular weight excluding hydrogens is 300 g/mol. The molecule has 2 aromatic rings. The summed E-state index contributed by atoms with van der Waals surface area (Å²) in [5.41, 5.74) is 1.36. The van der Waals surface area contributed by atoms with Crippen molar-refractivity contribution in [3.8, 4) is 0 Å². The smallest absolute Gasteiger partial charge is 0.180 e. The highest BCUT2D eigenvalue weighted by Crippen LogP contribution is 2.22. The molecule has 1 aromatic carbocycles. The molecule has 2 heterocycles. The van der Waals surface area contributed by atoms with Crippen LogP contribution in [-0.4, -0.2) is 68.9 Å². The fraction of sp³-hybridized carbons (Fsp3) is 0.375. The Labute approximate surface area is 132 Å². The summed E-state index contributed by atoms with van der Waals surface area (Å²) < 4.78 is 5.05. The summed E-state index contributed by atoms with van der Waals surface area (Å²) in [7, 11) is 0. The summed E-state index contributed by atoms with van der Waals surface area (Å²) in [6.07, 6.45) is -3.70. The fourth-order valence-corrected chi connectivity index (χ4v) is 2.56. The number of hydrogen-bond donors (Lipinski definition) is 4. The van der Waals surface area contributed by atoms with Crippen molar-refractivity contribution in [3.05, 3.63) is 42.1 Å². The first-order valence-corrected chi connectivity index (χ1v) is 7.29. The van der Waals surface area contributed by atoms with Gasteiger partial charge in [-0.25, -0.2) is 4.98 Å². The van der Waals surface area contributed by atoms with Crippen LogP contribution >= 0.6 is 0 Å². The van der Waals surface area contributed by atoms with E-state index in [2.05, 4.69) is 9.98 Å². The van der Waals surface area contributed by atoms with E-state index < -0.39 is 37.3 Å². The lowest BCUT2D eigenvalue weighted by atomic mass is 9.97. The van der Waals surface area contributed by atoms with Gasteiger partial charge < -0.3 is 25.2 Å². The maximum atomic E-state index is 10.0. The Morgan fingerprint density at radius 1 is 1.09 bits per heavy atom. The van der Waals surface area contributed by atoms with Crippen LogP contribution in [0.4, 0.5) is 0 Å². The van der Waals surface area contributed by atoms with Crippen molar-refractivity contribution < 1.29 is 25.2 Å². The van der Waals surface area contributed by atoms with Crippen LogP contribution in [0, 0.1) is 0 Å². The predicted octanol–water partition coefficient (Wildman–Crippen LogP) is -0.546. The quantitative estimate of drug-likeness (QED) is 0.565. The molecule has 7 heteroatoms. The normalized spacial score (nSPS) is 31.7. The van der Waals surface area contributed by atoms with Crippen molar-refractivity contribution in [1.82, 2.24) is 4.98 Å². The molecule has 0 bridgehead atoms. The van der Waals surface area contributed by atoms with Crippen LogP contribution in [0.3, 0.4) is 0 Å². The van der Waals surface area contributed by atoms with E-state index >= 15 is 0 Å². The molecule has 1 aliphatic rings. The summed E-state index contributed by atoms with van der Waals surface area (Å²) in [5.74, 6) is 0. The van der Waals surface area contributed by atoms with Gasteiger partial charge in [-0.15, -0.1) is 0 Å². The molecule has 0 saturated carbocycles. The van der Waals surface area contributed by atoms with Gasteiger partial charge in [0, 0.05) is 11.6 Å². The highest BCUT2D eigenvalue weighted by Gasteiger charge is 2.43. The molecule has 0 radical (unpaired) electrons. The number of fused-ring (bicyclic) bond motifs is 1. The largest absolute Gasteiger partial charge is 0.394 e. The summed E-state index contributed by atoms with van der Waals surface area (Å²) in [4.78, 5) is 8.49. The predicted molar refractivity (Wildman–Crippen MR) is 83.1 cm³/mol. The summed E-state index contributed by atoms with van der Waals surface area (Å²) in [5, 5.41) is 39.8. The van der Waals surface area contributed by atoms with Crippen LogP contribution in [0.15, 0.2) is 41.4 Å². The van der Waals surface area contributed by atoms with Gasteiger partial charge in [-0.1, -0.05) is 24.3 Å². The molecule has 4 N–H and O–H groups in total. The second-order valence-corrected chi connectivity index (χ2v) is 5.43. The Morgan fingerprint density at radius 2 is 1.87 bits per heavy atom. The minimum atomic E-state index is -1.41. The van der Waals surface area contributed by atoms with Crippen LogP contribution in [-0.2, 0) is 4.74 Å². The molecule has 23 heavy (non-hydrogen) atoms. The van der Waals surface area contributed by atoms with Crippen LogP contribution < -0.4 is 0 Å². The zero-order chi connectivity index (χ0) is 16.4. The van der Waals surface area contributed by atoms with Crippen molar-refractivity contribution in [2.75, 3.05) is 6.61 Å². The average molecular weight is 318 g/mol. The van der Waals surface area contributed by atoms with Crippen molar-refractivity contribution >= 4 is 17.1 Å². The lowest BCUT2D eigenvalue weighted by molar-refractivity contribution is -0.248.